The summed E-state index contributed by atoms with van der Waals surface area (Å²) in [6.07, 6.45) is 5.36. The standard InChI is InChI=1S/C21H28N2O5/c1-4-5-6-7-10-14(2)22-18(24)13-28-21(27)15(3)23-19(25)16-11-8-9-12-17(16)20(23)26/h8-9,11-12,14-15H,4-7,10,13H2,1-3H3,(H,22,24)/t14-,15+/m1/s1. The molecule has 0 aromatic heterocycles. The lowest BCUT2D eigenvalue weighted by atomic mass is 10.1. The van der Waals surface area contributed by atoms with Crippen LogP contribution >= 0.6 is 0 Å². The number of nitrogens with one attached hydrogen (secondary N) is 1. The van der Waals surface area contributed by atoms with Crippen LogP contribution in [-0.2, 0) is 14.3 Å². The third-order valence-corrected chi connectivity index (χ3v) is 4.80. The van der Waals surface area contributed by atoms with E-state index in [2.05, 4.69) is 12.2 Å². The molecule has 7 heteroatoms. The van der Waals surface area contributed by atoms with Crippen LogP contribution in [0.15, 0.2) is 24.3 Å². The summed E-state index contributed by atoms with van der Waals surface area (Å²) in [5.41, 5.74) is 0.531. The van der Waals surface area contributed by atoms with E-state index in [4.69, 9.17) is 4.74 Å². The zero-order valence-corrected chi connectivity index (χ0v) is 16.7. The zero-order chi connectivity index (χ0) is 20.7. The highest BCUT2D eigenvalue weighted by Gasteiger charge is 2.41. The van der Waals surface area contributed by atoms with E-state index in [1.165, 1.54) is 13.3 Å². The first-order chi connectivity index (χ1) is 13.4. The number of rotatable bonds is 10. The first kappa shape index (κ1) is 21.6. The molecular weight excluding hydrogens is 360 g/mol. The van der Waals surface area contributed by atoms with Crippen molar-refractivity contribution in [3.05, 3.63) is 35.4 Å². The van der Waals surface area contributed by atoms with Gasteiger partial charge in [-0.2, -0.15) is 0 Å². The van der Waals surface area contributed by atoms with Crippen LogP contribution in [0.3, 0.4) is 0 Å². The minimum Gasteiger partial charge on any atom is -0.454 e. The molecule has 0 bridgehead atoms. The van der Waals surface area contributed by atoms with Gasteiger partial charge < -0.3 is 10.1 Å². The van der Waals surface area contributed by atoms with E-state index in [1.54, 1.807) is 24.3 Å². The molecule has 0 radical (unpaired) electrons. The number of amides is 3. The zero-order valence-electron chi connectivity index (χ0n) is 16.7. The van der Waals surface area contributed by atoms with Crippen molar-refractivity contribution in [2.24, 2.45) is 0 Å². The molecule has 1 heterocycles. The molecule has 0 fully saturated rings. The van der Waals surface area contributed by atoms with Gasteiger partial charge in [-0.15, -0.1) is 0 Å². The van der Waals surface area contributed by atoms with E-state index in [1.807, 2.05) is 6.92 Å². The molecule has 1 aliphatic heterocycles. The number of esters is 1. The average Bonchev–Trinajstić information content (AvgIpc) is 2.93. The lowest BCUT2D eigenvalue weighted by Gasteiger charge is -2.21. The fourth-order valence-electron chi connectivity index (χ4n) is 3.19. The van der Waals surface area contributed by atoms with E-state index in [0.717, 1.165) is 30.6 Å². The fraction of sp³-hybridized carbons (Fsp3) is 0.524. The quantitative estimate of drug-likeness (QED) is 0.378. The maximum atomic E-state index is 12.4. The maximum Gasteiger partial charge on any atom is 0.329 e. The summed E-state index contributed by atoms with van der Waals surface area (Å²) in [6, 6.07) is 5.30. The molecule has 2 atom stereocenters. The predicted molar refractivity (Wildman–Crippen MR) is 104 cm³/mol. The number of carbonyl (C=O) groups is 4. The van der Waals surface area contributed by atoms with E-state index >= 15 is 0 Å². The molecule has 0 spiro atoms. The number of imide groups is 1. The van der Waals surface area contributed by atoms with Crippen molar-refractivity contribution < 1.29 is 23.9 Å². The van der Waals surface area contributed by atoms with Crippen molar-refractivity contribution in [3.63, 3.8) is 0 Å². The highest BCUT2D eigenvalue weighted by atomic mass is 16.5. The topological polar surface area (TPSA) is 92.8 Å². The van der Waals surface area contributed by atoms with Crippen LogP contribution in [0.4, 0.5) is 0 Å². The van der Waals surface area contributed by atoms with Gasteiger partial charge in [-0.25, -0.2) is 4.79 Å². The van der Waals surface area contributed by atoms with Gasteiger partial charge in [0.1, 0.15) is 6.04 Å². The molecule has 0 unspecified atom stereocenters. The van der Waals surface area contributed by atoms with E-state index in [9.17, 15) is 19.2 Å². The summed E-state index contributed by atoms with van der Waals surface area (Å²) in [5, 5.41) is 2.79. The van der Waals surface area contributed by atoms with Gasteiger partial charge >= 0.3 is 5.97 Å². The van der Waals surface area contributed by atoms with Crippen LogP contribution in [0, 0.1) is 0 Å². The maximum absolute atomic E-state index is 12.4. The van der Waals surface area contributed by atoms with Crippen molar-refractivity contribution in [1.82, 2.24) is 10.2 Å². The Bertz CT molecular complexity index is 711. The SMILES string of the molecule is CCCCCC[C@@H](C)NC(=O)COC(=O)[C@H](C)N1C(=O)c2ccccc2C1=O. The molecule has 2 rings (SSSR count). The highest BCUT2D eigenvalue weighted by molar-refractivity contribution is 6.22. The van der Waals surface area contributed by atoms with Gasteiger partial charge in [0.2, 0.25) is 0 Å². The number of benzene rings is 1. The molecule has 1 N–H and O–H groups in total. The van der Waals surface area contributed by atoms with Gasteiger partial charge in [0.05, 0.1) is 11.1 Å². The van der Waals surface area contributed by atoms with Crippen molar-refractivity contribution >= 4 is 23.7 Å². The highest BCUT2D eigenvalue weighted by Crippen LogP contribution is 2.24. The molecule has 28 heavy (non-hydrogen) atoms. The Morgan fingerprint density at radius 2 is 1.64 bits per heavy atom. The average molecular weight is 388 g/mol. The molecule has 1 aromatic carbocycles. The third-order valence-electron chi connectivity index (χ3n) is 4.80. The Labute approximate surface area is 165 Å². The molecule has 3 amide bonds. The number of hydrogen-bond acceptors (Lipinski definition) is 5. The molecule has 0 saturated carbocycles. The van der Waals surface area contributed by atoms with Crippen LogP contribution < -0.4 is 5.32 Å². The van der Waals surface area contributed by atoms with Crippen LogP contribution in [0.1, 0.15) is 73.6 Å². The minimum absolute atomic E-state index is 0.00304. The summed E-state index contributed by atoms with van der Waals surface area (Å²) in [5.74, 6) is -2.25. The van der Waals surface area contributed by atoms with Gasteiger partial charge in [0.15, 0.2) is 6.61 Å². The van der Waals surface area contributed by atoms with E-state index in [-0.39, 0.29) is 17.2 Å². The van der Waals surface area contributed by atoms with Crippen LogP contribution in [0.25, 0.3) is 0 Å². The lowest BCUT2D eigenvalue weighted by molar-refractivity contribution is -0.152. The minimum atomic E-state index is -1.10. The number of ether oxygens (including phenoxy) is 1. The van der Waals surface area contributed by atoms with Crippen molar-refractivity contribution in [2.75, 3.05) is 6.61 Å². The van der Waals surface area contributed by atoms with Crippen LogP contribution in [0.5, 0.6) is 0 Å². The normalized spacial score (nSPS) is 15.2. The molecular formula is C21H28N2O5. The van der Waals surface area contributed by atoms with Gasteiger partial charge in [-0.05, 0) is 32.4 Å². The number of nitrogens with zero attached hydrogens (tertiary/aromatic N) is 1. The Morgan fingerprint density at radius 3 is 2.21 bits per heavy atom. The first-order valence-electron chi connectivity index (χ1n) is 9.79. The summed E-state index contributed by atoms with van der Waals surface area (Å²) in [6.45, 7) is 5.03. The molecule has 0 aliphatic carbocycles. The van der Waals surface area contributed by atoms with Crippen LogP contribution in [-0.4, -0.2) is 47.3 Å². The smallest absolute Gasteiger partial charge is 0.329 e. The molecule has 7 nitrogen and oxygen atoms in total. The van der Waals surface area contributed by atoms with Crippen molar-refractivity contribution in [1.29, 1.82) is 0 Å². The molecule has 152 valence electrons. The fourth-order valence-corrected chi connectivity index (χ4v) is 3.19. The molecule has 0 saturated heterocycles. The second-order valence-electron chi connectivity index (χ2n) is 7.13. The summed E-state index contributed by atoms with van der Waals surface area (Å²) >= 11 is 0. The van der Waals surface area contributed by atoms with E-state index in [0.29, 0.717) is 0 Å². The number of hydrogen-bond donors (Lipinski definition) is 1. The predicted octanol–water partition coefficient (Wildman–Crippen LogP) is 2.69. The van der Waals surface area contributed by atoms with Crippen molar-refractivity contribution in [3.8, 4) is 0 Å². The van der Waals surface area contributed by atoms with Gasteiger partial charge in [0.25, 0.3) is 17.7 Å². The number of fused-ring (bicyclic) bond motifs is 1. The summed E-state index contributed by atoms with van der Waals surface area (Å²) in [4.78, 5) is 49.9. The Kier molecular flexibility index (Phi) is 7.72. The summed E-state index contributed by atoms with van der Waals surface area (Å²) < 4.78 is 5.02. The first-order valence-corrected chi connectivity index (χ1v) is 9.79. The monoisotopic (exact) mass is 388 g/mol. The Hall–Kier alpha value is -2.70. The third kappa shape index (κ3) is 5.18. The van der Waals surface area contributed by atoms with Crippen molar-refractivity contribution in [2.45, 2.75) is 65.0 Å². The largest absolute Gasteiger partial charge is 0.454 e. The second kappa shape index (κ2) is 10.0. The Balaban J connectivity index is 1.81. The molecule has 1 aromatic rings. The lowest BCUT2D eigenvalue weighted by Crippen LogP contribution is -2.45. The van der Waals surface area contributed by atoms with Gasteiger partial charge in [0, 0.05) is 6.04 Å². The van der Waals surface area contributed by atoms with Gasteiger partial charge in [-0.1, -0.05) is 44.7 Å². The van der Waals surface area contributed by atoms with E-state index < -0.39 is 36.3 Å². The summed E-state index contributed by atoms with van der Waals surface area (Å²) in [7, 11) is 0. The molecule has 1 aliphatic rings. The van der Waals surface area contributed by atoms with Crippen LogP contribution in [0.2, 0.25) is 0 Å². The van der Waals surface area contributed by atoms with Gasteiger partial charge in [-0.3, -0.25) is 19.3 Å². The number of carbonyl (C=O) groups excluding carboxylic acids is 4. The second-order valence-corrected chi connectivity index (χ2v) is 7.13. The number of unbranched alkanes of at least 4 members (excludes halogenated alkanes) is 3. The Morgan fingerprint density at radius 1 is 1.04 bits per heavy atom.